The van der Waals surface area contributed by atoms with Crippen molar-refractivity contribution in [2.45, 2.75) is 18.7 Å². The Kier molecular flexibility index (Phi) is 4.45. The van der Waals surface area contributed by atoms with Crippen LogP contribution in [0.1, 0.15) is 11.1 Å². The molecule has 32 heavy (non-hydrogen) atoms. The number of hydrogen-bond acceptors (Lipinski definition) is 5. The van der Waals surface area contributed by atoms with E-state index in [0.717, 1.165) is 28.0 Å². The molecule has 0 aliphatic rings. The largest absolute Gasteiger partial charge is 0.419 e. The van der Waals surface area contributed by atoms with Crippen molar-refractivity contribution in [3.63, 3.8) is 0 Å². The molecule has 5 aromatic rings. The van der Waals surface area contributed by atoms with Crippen LogP contribution >= 0.6 is 0 Å². The van der Waals surface area contributed by atoms with E-state index in [9.17, 15) is 13.2 Å². The van der Waals surface area contributed by atoms with Crippen molar-refractivity contribution in [1.82, 2.24) is 14.0 Å². The maximum absolute atomic E-state index is 13.1. The summed E-state index contributed by atoms with van der Waals surface area (Å²) in [6, 6.07) is 13.8. The maximum atomic E-state index is 13.1. The SMILES string of the molecule is Cc1ccc(-c2cn3cccc(C)c3n2)cc1NS(=O)(=O)c1ccc2oc(=O)n(C)c2c1. The lowest BCUT2D eigenvalue weighted by Gasteiger charge is -2.12. The van der Waals surface area contributed by atoms with Crippen molar-refractivity contribution >= 4 is 32.5 Å². The molecule has 8 nitrogen and oxygen atoms in total. The van der Waals surface area contributed by atoms with Gasteiger partial charge in [-0.15, -0.1) is 0 Å². The number of nitrogens with one attached hydrogen (secondary N) is 1. The molecule has 0 spiro atoms. The van der Waals surface area contributed by atoms with Crippen molar-refractivity contribution < 1.29 is 12.8 Å². The van der Waals surface area contributed by atoms with E-state index in [0.29, 0.717) is 16.8 Å². The quantitative estimate of drug-likeness (QED) is 0.450. The molecule has 0 fully saturated rings. The second kappa shape index (κ2) is 7.10. The van der Waals surface area contributed by atoms with Crippen molar-refractivity contribution in [3.8, 4) is 11.3 Å². The van der Waals surface area contributed by atoms with Crippen molar-refractivity contribution in [2.75, 3.05) is 4.72 Å². The monoisotopic (exact) mass is 448 g/mol. The first-order chi connectivity index (χ1) is 15.2. The summed E-state index contributed by atoms with van der Waals surface area (Å²) >= 11 is 0. The standard InChI is InChI=1S/C23H20N4O4S/c1-14-6-7-16(19-13-27-10-4-5-15(2)22(27)24-19)11-18(14)25-32(29,30)17-8-9-21-20(12-17)26(3)23(28)31-21/h4-13,25H,1-3H3. The molecule has 0 saturated heterocycles. The molecule has 1 N–H and O–H groups in total. The highest BCUT2D eigenvalue weighted by molar-refractivity contribution is 7.92. The molecular weight excluding hydrogens is 428 g/mol. The number of fused-ring (bicyclic) bond motifs is 2. The van der Waals surface area contributed by atoms with Gasteiger partial charge in [0.15, 0.2) is 5.58 Å². The molecule has 0 atom stereocenters. The van der Waals surface area contributed by atoms with Gasteiger partial charge in [-0.1, -0.05) is 18.2 Å². The van der Waals surface area contributed by atoms with Gasteiger partial charge in [-0.25, -0.2) is 18.2 Å². The number of pyridine rings is 1. The molecule has 3 heterocycles. The highest BCUT2D eigenvalue weighted by Gasteiger charge is 2.19. The zero-order valence-electron chi connectivity index (χ0n) is 17.7. The van der Waals surface area contributed by atoms with Crippen molar-refractivity contribution in [2.24, 2.45) is 7.05 Å². The number of benzene rings is 2. The molecule has 0 aliphatic carbocycles. The van der Waals surface area contributed by atoms with E-state index in [1.807, 2.05) is 54.9 Å². The summed E-state index contributed by atoms with van der Waals surface area (Å²) in [5, 5.41) is 0. The number of aryl methyl sites for hydroxylation is 3. The average molecular weight is 449 g/mol. The summed E-state index contributed by atoms with van der Waals surface area (Å²) in [5.74, 6) is -0.547. The summed E-state index contributed by atoms with van der Waals surface area (Å²) in [7, 11) is -2.37. The van der Waals surface area contributed by atoms with Crippen LogP contribution in [0, 0.1) is 13.8 Å². The van der Waals surface area contributed by atoms with Gasteiger partial charge in [-0.3, -0.25) is 9.29 Å². The van der Waals surface area contributed by atoms with E-state index in [1.54, 1.807) is 6.07 Å². The molecule has 0 amide bonds. The second-order valence-corrected chi connectivity index (χ2v) is 9.42. The molecule has 0 radical (unpaired) electrons. The molecule has 2 aromatic carbocycles. The minimum absolute atomic E-state index is 0.0366. The van der Waals surface area contributed by atoms with Crippen LogP contribution in [0.5, 0.6) is 0 Å². The van der Waals surface area contributed by atoms with Crippen LogP contribution in [0.2, 0.25) is 0 Å². The van der Waals surface area contributed by atoms with E-state index in [-0.39, 0.29) is 4.90 Å². The fraction of sp³-hybridized carbons (Fsp3) is 0.130. The summed E-state index contributed by atoms with van der Waals surface area (Å²) in [4.78, 5) is 16.5. The first-order valence-corrected chi connectivity index (χ1v) is 11.4. The van der Waals surface area contributed by atoms with Crippen LogP contribution in [-0.2, 0) is 17.1 Å². The van der Waals surface area contributed by atoms with E-state index in [4.69, 9.17) is 9.40 Å². The summed E-state index contributed by atoms with van der Waals surface area (Å²) < 4.78 is 37.2. The van der Waals surface area contributed by atoms with E-state index in [1.165, 1.54) is 29.8 Å². The molecule has 0 saturated carbocycles. The Morgan fingerprint density at radius 2 is 1.84 bits per heavy atom. The van der Waals surface area contributed by atoms with Gasteiger partial charge in [0.2, 0.25) is 0 Å². The Hall–Kier alpha value is -3.85. The van der Waals surface area contributed by atoms with Crippen molar-refractivity contribution in [3.05, 3.63) is 82.6 Å². The van der Waals surface area contributed by atoms with Gasteiger partial charge in [-0.2, -0.15) is 0 Å². The van der Waals surface area contributed by atoms with Gasteiger partial charge in [-0.05, 0) is 55.3 Å². The third kappa shape index (κ3) is 3.27. The number of hydrogen-bond donors (Lipinski definition) is 1. The number of aromatic nitrogens is 3. The van der Waals surface area contributed by atoms with Crippen molar-refractivity contribution in [1.29, 1.82) is 0 Å². The Morgan fingerprint density at radius 1 is 1.03 bits per heavy atom. The molecule has 3 aromatic heterocycles. The Morgan fingerprint density at radius 3 is 2.62 bits per heavy atom. The topological polar surface area (TPSA) is 98.6 Å². The predicted octanol–water partition coefficient (Wildman–Crippen LogP) is 3.86. The normalized spacial score (nSPS) is 12.0. The number of anilines is 1. The molecule has 9 heteroatoms. The summed E-state index contributed by atoms with van der Waals surface area (Å²) in [5.41, 5.74) is 5.41. The minimum Gasteiger partial charge on any atom is -0.408 e. The third-order valence-electron chi connectivity index (χ3n) is 5.53. The van der Waals surface area contributed by atoms with E-state index in [2.05, 4.69) is 4.72 Å². The zero-order chi connectivity index (χ0) is 22.6. The summed E-state index contributed by atoms with van der Waals surface area (Å²) in [6.45, 7) is 3.83. The number of imidazole rings is 1. The minimum atomic E-state index is -3.90. The highest BCUT2D eigenvalue weighted by Crippen LogP contribution is 2.28. The maximum Gasteiger partial charge on any atom is 0.419 e. The lowest BCUT2D eigenvalue weighted by molar-refractivity contribution is 0.528. The second-order valence-electron chi connectivity index (χ2n) is 7.74. The fourth-order valence-corrected chi connectivity index (χ4v) is 4.80. The molecule has 0 bridgehead atoms. The first-order valence-electron chi connectivity index (χ1n) is 9.91. The highest BCUT2D eigenvalue weighted by atomic mass is 32.2. The van der Waals surface area contributed by atoms with Gasteiger partial charge >= 0.3 is 5.76 Å². The molecular formula is C23H20N4O4S. The number of nitrogens with zero attached hydrogens (tertiary/aromatic N) is 3. The average Bonchev–Trinajstić information content (AvgIpc) is 3.31. The smallest absolute Gasteiger partial charge is 0.408 e. The Labute approximate surface area is 183 Å². The van der Waals surface area contributed by atoms with E-state index >= 15 is 0 Å². The van der Waals surface area contributed by atoms with Crippen LogP contribution in [0.25, 0.3) is 28.0 Å². The van der Waals surface area contributed by atoms with Gasteiger partial charge in [0.25, 0.3) is 10.0 Å². The lowest BCUT2D eigenvalue weighted by Crippen LogP contribution is -2.14. The Bertz CT molecular complexity index is 1680. The molecule has 0 unspecified atom stereocenters. The van der Waals surface area contributed by atoms with Gasteiger partial charge in [0.1, 0.15) is 5.65 Å². The van der Waals surface area contributed by atoms with Crippen LogP contribution in [0.4, 0.5) is 5.69 Å². The predicted molar refractivity (Wildman–Crippen MR) is 122 cm³/mol. The van der Waals surface area contributed by atoms with Crippen LogP contribution in [0.3, 0.4) is 0 Å². The molecule has 0 aliphatic heterocycles. The van der Waals surface area contributed by atoms with Crippen LogP contribution in [0.15, 0.2) is 75.0 Å². The number of rotatable bonds is 4. The molecule has 162 valence electrons. The van der Waals surface area contributed by atoms with Gasteiger partial charge < -0.3 is 8.82 Å². The number of oxazole rings is 1. The van der Waals surface area contributed by atoms with E-state index < -0.39 is 15.8 Å². The van der Waals surface area contributed by atoms with Crippen LogP contribution < -0.4 is 10.5 Å². The fourth-order valence-electron chi connectivity index (χ4n) is 3.66. The number of sulfonamides is 1. The zero-order valence-corrected chi connectivity index (χ0v) is 18.5. The summed E-state index contributed by atoms with van der Waals surface area (Å²) in [6.07, 6.45) is 3.84. The first kappa shape index (κ1) is 20.1. The van der Waals surface area contributed by atoms with Crippen LogP contribution in [-0.4, -0.2) is 22.4 Å². The molecule has 5 rings (SSSR count). The van der Waals surface area contributed by atoms with Gasteiger partial charge in [0.05, 0.1) is 21.8 Å². The third-order valence-corrected chi connectivity index (χ3v) is 6.89. The van der Waals surface area contributed by atoms with Gasteiger partial charge in [0, 0.05) is 25.0 Å². The Balaban J connectivity index is 1.54. The lowest BCUT2D eigenvalue weighted by atomic mass is 10.1.